The molecule has 0 aromatic carbocycles. The molecule has 0 aliphatic carbocycles. The zero-order valence-corrected chi connectivity index (χ0v) is 8.46. The van der Waals surface area contributed by atoms with Crippen LogP contribution in [-0.4, -0.2) is 37.6 Å². The fraction of sp³-hybridized carbons (Fsp3) is 0.889. The molecular formula is C9H19NO2. The summed E-state index contributed by atoms with van der Waals surface area (Å²) in [5, 5.41) is 0. The van der Waals surface area contributed by atoms with Crippen LogP contribution in [0, 0.1) is 0 Å². The second-order valence-electron chi connectivity index (χ2n) is 3.09. The Kier molecular flexibility index (Phi) is 5.72. The van der Waals surface area contributed by atoms with Gasteiger partial charge in [0, 0.05) is 27.1 Å². The van der Waals surface area contributed by atoms with E-state index in [1.807, 2.05) is 13.8 Å². The topological polar surface area (TPSA) is 29.5 Å². The molecule has 0 aliphatic rings. The summed E-state index contributed by atoms with van der Waals surface area (Å²) in [6.45, 7) is 4.67. The summed E-state index contributed by atoms with van der Waals surface area (Å²) in [6.07, 6.45) is 1.58. The Morgan fingerprint density at radius 1 is 1.50 bits per heavy atom. The van der Waals surface area contributed by atoms with Crippen LogP contribution in [0.5, 0.6) is 0 Å². The molecule has 1 unspecified atom stereocenters. The molecule has 0 aromatic rings. The minimum atomic E-state index is 0.168. The van der Waals surface area contributed by atoms with Crippen molar-refractivity contribution in [3.8, 4) is 0 Å². The van der Waals surface area contributed by atoms with Crippen LogP contribution >= 0.6 is 0 Å². The standard InChI is InChI=1S/C9H19NO2/c1-5-12-8(2)6-7-9(11)10(3)4/h8H,5-7H2,1-4H3. The monoisotopic (exact) mass is 173 g/mol. The Labute approximate surface area is 74.7 Å². The zero-order valence-electron chi connectivity index (χ0n) is 8.46. The van der Waals surface area contributed by atoms with Crippen molar-refractivity contribution in [2.45, 2.75) is 32.8 Å². The van der Waals surface area contributed by atoms with Crippen LogP contribution in [0.15, 0.2) is 0 Å². The normalized spacial score (nSPS) is 12.7. The summed E-state index contributed by atoms with van der Waals surface area (Å²) < 4.78 is 5.30. The second kappa shape index (κ2) is 6.00. The number of carbonyl (C=O) groups is 1. The van der Waals surface area contributed by atoms with Crippen molar-refractivity contribution in [3.05, 3.63) is 0 Å². The van der Waals surface area contributed by atoms with Gasteiger partial charge < -0.3 is 9.64 Å². The van der Waals surface area contributed by atoms with E-state index in [0.29, 0.717) is 6.42 Å². The molecule has 0 heterocycles. The molecule has 0 aliphatic heterocycles. The molecule has 0 aromatic heterocycles. The summed E-state index contributed by atoms with van der Waals surface area (Å²) in [6, 6.07) is 0. The Hall–Kier alpha value is -0.570. The predicted octanol–water partition coefficient (Wildman–Crippen LogP) is 1.28. The predicted molar refractivity (Wildman–Crippen MR) is 49.0 cm³/mol. The quantitative estimate of drug-likeness (QED) is 0.626. The first-order chi connectivity index (χ1) is 5.57. The highest BCUT2D eigenvalue weighted by Crippen LogP contribution is 2.02. The number of ether oxygens (including phenoxy) is 1. The lowest BCUT2D eigenvalue weighted by Gasteiger charge is -2.13. The van der Waals surface area contributed by atoms with Crippen molar-refractivity contribution in [2.24, 2.45) is 0 Å². The van der Waals surface area contributed by atoms with Gasteiger partial charge in [0.15, 0.2) is 0 Å². The van der Waals surface area contributed by atoms with E-state index < -0.39 is 0 Å². The molecule has 1 amide bonds. The Morgan fingerprint density at radius 3 is 2.50 bits per heavy atom. The first-order valence-electron chi connectivity index (χ1n) is 4.39. The average molecular weight is 173 g/mol. The molecule has 0 spiro atoms. The van der Waals surface area contributed by atoms with E-state index >= 15 is 0 Å². The number of hydrogen-bond acceptors (Lipinski definition) is 2. The summed E-state index contributed by atoms with van der Waals surface area (Å²) in [5.41, 5.74) is 0. The third-order valence-electron chi connectivity index (χ3n) is 1.71. The van der Waals surface area contributed by atoms with E-state index in [9.17, 15) is 4.79 Å². The minimum Gasteiger partial charge on any atom is -0.379 e. The van der Waals surface area contributed by atoms with E-state index in [2.05, 4.69) is 0 Å². The maximum absolute atomic E-state index is 11.1. The number of carbonyl (C=O) groups excluding carboxylic acids is 1. The third-order valence-corrected chi connectivity index (χ3v) is 1.71. The number of hydrogen-bond donors (Lipinski definition) is 0. The van der Waals surface area contributed by atoms with E-state index in [1.54, 1.807) is 19.0 Å². The fourth-order valence-electron chi connectivity index (χ4n) is 0.918. The average Bonchev–Trinajstić information content (AvgIpc) is 2.00. The molecule has 3 nitrogen and oxygen atoms in total. The lowest BCUT2D eigenvalue weighted by atomic mass is 10.2. The molecule has 3 heteroatoms. The van der Waals surface area contributed by atoms with Crippen molar-refractivity contribution in [1.29, 1.82) is 0 Å². The highest BCUT2D eigenvalue weighted by atomic mass is 16.5. The summed E-state index contributed by atoms with van der Waals surface area (Å²) >= 11 is 0. The lowest BCUT2D eigenvalue weighted by Crippen LogP contribution is -2.23. The van der Waals surface area contributed by atoms with Gasteiger partial charge >= 0.3 is 0 Å². The van der Waals surface area contributed by atoms with Crippen LogP contribution in [0.25, 0.3) is 0 Å². The molecule has 12 heavy (non-hydrogen) atoms. The van der Waals surface area contributed by atoms with Gasteiger partial charge in [-0.3, -0.25) is 4.79 Å². The number of nitrogens with zero attached hydrogens (tertiary/aromatic N) is 1. The molecule has 0 fully saturated rings. The van der Waals surface area contributed by atoms with Crippen molar-refractivity contribution in [2.75, 3.05) is 20.7 Å². The molecule has 1 atom stereocenters. The van der Waals surface area contributed by atoms with Crippen LogP contribution in [0.1, 0.15) is 26.7 Å². The van der Waals surface area contributed by atoms with Gasteiger partial charge in [-0.25, -0.2) is 0 Å². The fourth-order valence-corrected chi connectivity index (χ4v) is 0.918. The van der Waals surface area contributed by atoms with Gasteiger partial charge in [0.1, 0.15) is 0 Å². The number of rotatable bonds is 5. The molecular weight excluding hydrogens is 154 g/mol. The molecule has 0 saturated heterocycles. The van der Waals surface area contributed by atoms with Gasteiger partial charge in [0.2, 0.25) is 5.91 Å². The maximum Gasteiger partial charge on any atom is 0.222 e. The second-order valence-corrected chi connectivity index (χ2v) is 3.09. The number of amides is 1. The van der Waals surface area contributed by atoms with Gasteiger partial charge in [-0.1, -0.05) is 0 Å². The molecule has 72 valence electrons. The van der Waals surface area contributed by atoms with Crippen molar-refractivity contribution >= 4 is 5.91 Å². The molecule has 0 saturated carbocycles. The van der Waals surface area contributed by atoms with Crippen LogP contribution in [0.2, 0.25) is 0 Å². The maximum atomic E-state index is 11.1. The van der Waals surface area contributed by atoms with Gasteiger partial charge in [-0.2, -0.15) is 0 Å². The Bertz CT molecular complexity index is 134. The van der Waals surface area contributed by atoms with E-state index in [0.717, 1.165) is 13.0 Å². The Balaban J connectivity index is 3.47. The van der Waals surface area contributed by atoms with Gasteiger partial charge in [0.25, 0.3) is 0 Å². The van der Waals surface area contributed by atoms with Crippen LogP contribution in [0.3, 0.4) is 0 Å². The molecule has 0 radical (unpaired) electrons. The zero-order chi connectivity index (χ0) is 9.56. The van der Waals surface area contributed by atoms with Gasteiger partial charge in [0.05, 0.1) is 6.10 Å². The molecule has 0 bridgehead atoms. The minimum absolute atomic E-state index is 0.168. The Morgan fingerprint density at radius 2 is 2.08 bits per heavy atom. The van der Waals surface area contributed by atoms with Crippen LogP contribution in [-0.2, 0) is 9.53 Å². The smallest absolute Gasteiger partial charge is 0.222 e. The first kappa shape index (κ1) is 11.4. The van der Waals surface area contributed by atoms with Crippen LogP contribution in [0.4, 0.5) is 0 Å². The van der Waals surface area contributed by atoms with E-state index in [-0.39, 0.29) is 12.0 Å². The largest absolute Gasteiger partial charge is 0.379 e. The van der Waals surface area contributed by atoms with Gasteiger partial charge in [-0.05, 0) is 20.3 Å². The van der Waals surface area contributed by atoms with Crippen molar-refractivity contribution in [1.82, 2.24) is 4.90 Å². The summed E-state index contributed by atoms with van der Waals surface area (Å²) in [4.78, 5) is 12.7. The van der Waals surface area contributed by atoms with E-state index in [1.165, 1.54) is 0 Å². The highest BCUT2D eigenvalue weighted by Gasteiger charge is 2.07. The van der Waals surface area contributed by atoms with Gasteiger partial charge in [-0.15, -0.1) is 0 Å². The van der Waals surface area contributed by atoms with Crippen molar-refractivity contribution in [3.63, 3.8) is 0 Å². The molecule has 0 N–H and O–H groups in total. The first-order valence-corrected chi connectivity index (χ1v) is 4.39. The third kappa shape index (κ3) is 5.13. The SMILES string of the molecule is CCOC(C)CCC(=O)N(C)C. The lowest BCUT2D eigenvalue weighted by molar-refractivity contribution is -0.129. The summed E-state index contributed by atoms with van der Waals surface area (Å²) in [7, 11) is 3.54. The van der Waals surface area contributed by atoms with Crippen molar-refractivity contribution < 1.29 is 9.53 Å². The molecule has 0 rings (SSSR count). The van der Waals surface area contributed by atoms with E-state index in [4.69, 9.17) is 4.74 Å². The summed E-state index contributed by atoms with van der Waals surface area (Å²) in [5.74, 6) is 0.168. The van der Waals surface area contributed by atoms with Crippen LogP contribution < -0.4 is 0 Å². The highest BCUT2D eigenvalue weighted by molar-refractivity contribution is 5.75.